The van der Waals surface area contributed by atoms with E-state index in [1.807, 2.05) is 32.9 Å². The maximum Gasteiger partial charge on any atom is 0.407 e. The lowest BCUT2D eigenvalue weighted by atomic mass is 9.89. The molecule has 2 aliphatic rings. The second-order valence-corrected chi connectivity index (χ2v) is 15.0. The van der Waals surface area contributed by atoms with Gasteiger partial charge in [0.1, 0.15) is 24.2 Å². The van der Waals surface area contributed by atoms with Crippen LogP contribution in [0.2, 0.25) is 0 Å². The average molecular weight is 649 g/mol. The molecule has 1 saturated carbocycles. The summed E-state index contributed by atoms with van der Waals surface area (Å²) in [6.45, 7) is 7.28. The average Bonchev–Trinajstić information content (AvgIpc) is 3.45. The predicted octanol–water partition coefficient (Wildman–Crippen LogP) is 3.54. The van der Waals surface area contributed by atoms with Gasteiger partial charge in [0.2, 0.25) is 21.8 Å². The Morgan fingerprint density at radius 2 is 1.87 bits per heavy atom. The second kappa shape index (κ2) is 15.2. The summed E-state index contributed by atoms with van der Waals surface area (Å²) in [5, 5.41) is 15.0. The molecule has 0 aromatic heterocycles. The third-order valence-corrected chi connectivity index (χ3v) is 10.3. The highest BCUT2D eigenvalue weighted by Gasteiger charge is 2.61. The van der Waals surface area contributed by atoms with E-state index in [2.05, 4.69) is 17.6 Å². The molecule has 4 atom stereocenters. The number of nitrogens with one attached hydrogen (secondary N) is 2. The highest BCUT2D eigenvalue weighted by molar-refractivity contribution is 7.89. The van der Waals surface area contributed by atoms with Crippen LogP contribution in [0, 0.1) is 11.3 Å². The first-order valence-corrected chi connectivity index (χ1v) is 17.0. The molecular weight excluding hydrogens is 600 g/mol. The lowest BCUT2D eigenvalue weighted by Crippen LogP contribution is -2.54. The summed E-state index contributed by atoms with van der Waals surface area (Å²) >= 11 is 0. The summed E-state index contributed by atoms with van der Waals surface area (Å²) in [7, 11) is -2.42. The highest BCUT2D eigenvalue weighted by atomic mass is 32.2. The first-order valence-electron chi connectivity index (χ1n) is 15.6. The number of unbranched alkanes of at least 4 members (excludes halogenated alkanes) is 3. The van der Waals surface area contributed by atoms with E-state index in [4.69, 9.17) is 4.74 Å². The maximum absolute atomic E-state index is 13.2. The smallest absolute Gasteiger partial charge is 0.407 e. The van der Waals surface area contributed by atoms with Crippen molar-refractivity contribution >= 4 is 33.9 Å². The number of aliphatic carboxylic acids is 1. The number of likely N-dealkylation sites (tertiary alicyclic amines) is 1. The Kier molecular flexibility index (Phi) is 12.2. The molecule has 2 unspecified atom stereocenters. The summed E-state index contributed by atoms with van der Waals surface area (Å²) < 4.78 is 32.7. The van der Waals surface area contributed by atoms with E-state index in [0.717, 1.165) is 30.0 Å². The number of alkyl carbamates (subject to hydrolysis) is 1. The van der Waals surface area contributed by atoms with Crippen LogP contribution in [0.15, 0.2) is 47.4 Å². The molecule has 1 aromatic rings. The minimum atomic E-state index is -3.82. The maximum atomic E-state index is 13.2. The Hall–Kier alpha value is -3.45. The second-order valence-electron chi connectivity index (χ2n) is 13.0. The zero-order chi connectivity index (χ0) is 33.4. The van der Waals surface area contributed by atoms with Gasteiger partial charge in [-0.2, -0.15) is 4.31 Å². The molecule has 1 heterocycles. The van der Waals surface area contributed by atoms with E-state index >= 15 is 0 Å². The monoisotopic (exact) mass is 648 g/mol. The number of carboxylic acid groups (broad SMARTS) is 1. The molecule has 0 spiro atoms. The summed E-state index contributed by atoms with van der Waals surface area (Å²) in [6.07, 6.45) is 7.39. The van der Waals surface area contributed by atoms with Crippen molar-refractivity contribution in [3.05, 3.63) is 42.5 Å². The Balaban J connectivity index is 1.55. The molecule has 12 nitrogen and oxygen atoms in total. The van der Waals surface area contributed by atoms with Crippen LogP contribution < -0.4 is 10.6 Å². The van der Waals surface area contributed by atoms with Crippen LogP contribution >= 0.6 is 0 Å². The third-order valence-electron chi connectivity index (χ3n) is 8.43. The molecule has 13 heteroatoms. The molecule has 250 valence electrons. The fourth-order valence-corrected chi connectivity index (χ4v) is 6.58. The zero-order valence-corrected chi connectivity index (χ0v) is 27.8. The lowest BCUT2D eigenvalue weighted by molar-refractivity contribution is -0.145. The number of nitrogens with zero attached hydrogens (tertiary/aromatic N) is 2. The van der Waals surface area contributed by atoms with Gasteiger partial charge in [-0.25, -0.2) is 18.0 Å². The Morgan fingerprint density at radius 1 is 1.18 bits per heavy atom. The van der Waals surface area contributed by atoms with Crippen molar-refractivity contribution in [1.82, 2.24) is 19.8 Å². The molecule has 3 N–H and O–H groups in total. The van der Waals surface area contributed by atoms with Crippen LogP contribution in [0.3, 0.4) is 0 Å². The Morgan fingerprint density at radius 3 is 2.49 bits per heavy atom. The van der Waals surface area contributed by atoms with E-state index in [9.17, 15) is 32.7 Å². The molecule has 1 saturated heterocycles. The van der Waals surface area contributed by atoms with Crippen molar-refractivity contribution in [3.63, 3.8) is 0 Å². The highest BCUT2D eigenvalue weighted by Crippen LogP contribution is 2.45. The zero-order valence-electron chi connectivity index (χ0n) is 27.0. The van der Waals surface area contributed by atoms with Crippen molar-refractivity contribution in [2.45, 2.75) is 95.2 Å². The van der Waals surface area contributed by atoms with E-state index in [-0.39, 0.29) is 17.4 Å². The number of sulfonamides is 1. The molecule has 0 bridgehead atoms. The molecule has 2 fully saturated rings. The summed E-state index contributed by atoms with van der Waals surface area (Å²) in [5.74, 6) is -2.44. The number of rotatable bonds is 15. The number of amides is 3. The number of likely N-dealkylation sites (N-methyl/N-ethyl adjacent to an activating group) is 1. The Labute approximate surface area is 266 Å². The number of hydrogen-bond acceptors (Lipinski definition) is 7. The first-order chi connectivity index (χ1) is 21.1. The minimum Gasteiger partial charge on any atom is -0.479 e. The minimum absolute atomic E-state index is 0.114. The van der Waals surface area contributed by atoms with Gasteiger partial charge in [0.05, 0.1) is 11.4 Å². The molecule has 1 aromatic carbocycles. The van der Waals surface area contributed by atoms with Crippen molar-refractivity contribution in [1.29, 1.82) is 0 Å². The predicted molar refractivity (Wildman–Crippen MR) is 169 cm³/mol. The van der Waals surface area contributed by atoms with Gasteiger partial charge in [0.15, 0.2) is 0 Å². The quantitative estimate of drug-likeness (QED) is 0.192. The number of benzene rings is 1. The normalized spacial score (nSPS) is 22.3. The summed E-state index contributed by atoms with van der Waals surface area (Å²) in [5.41, 5.74) is -2.01. The van der Waals surface area contributed by atoms with E-state index in [0.29, 0.717) is 25.8 Å². The van der Waals surface area contributed by atoms with E-state index in [1.165, 1.54) is 24.1 Å². The standard InChI is InChI=1S/C32H48N4O8S/c1-6-7-8-9-11-15-23-20-32(23,29(39)40)34-28(38)25-18-14-19-36(25)27(37)21-33-30(41)44-26(31(2,3)4)22-35(5)45(42,43)24-16-12-10-13-17-24/h10-13,15-17,23,25-26H,6-9,14,18-22H2,1-5H3,(H,33,41)(H,34,38)(H,39,40)/b15-11-/t23?,25-,26?,32+/m0/s1. The number of carbonyl (C=O) groups is 4. The van der Waals surface area contributed by atoms with Crippen LogP contribution in [0.5, 0.6) is 0 Å². The van der Waals surface area contributed by atoms with Gasteiger partial charge in [0.25, 0.3) is 0 Å². The molecule has 1 aliphatic carbocycles. The summed E-state index contributed by atoms with van der Waals surface area (Å²) in [4.78, 5) is 52.6. The van der Waals surface area contributed by atoms with Gasteiger partial charge in [-0.1, -0.05) is 70.9 Å². The van der Waals surface area contributed by atoms with Crippen molar-refractivity contribution < 1.29 is 37.4 Å². The number of ether oxygens (including phenoxy) is 1. The molecular formula is C32H48N4O8S. The lowest BCUT2D eigenvalue weighted by Gasteiger charge is -2.33. The fourth-order valence-electron chi connectivity index (χ4n) is 5.39. The van der Waals surface area contributed by atoms with Gasteiger partial charge in [-0.3, -0.25) is 9.59 Å². The van der Waals surface area contributed by atoms with Crippen LogP contribution in [-0.4, -0.2) is 91.0 Å². The van der Waals surface area contributed by atoms with Gasteiger partial charge in [0, 0.05) is 24.9 Å². The molecule has 3 rings (SSSR count). The van der Waals surface area contributed by atoms with Crippen LogP contribution in [-0.2, 0) is 29.1 Å². The van der Waals surface area contributed by atoms with Crippen molar-refractivity contribution in [2.75, 3.05) is 26.7 Å². The van der Waals surface area contributed by atoms with Gasteiger partial charge in [-0.05, 0) is 44.2 Å². The van der Waals surface area contributed by atoms with Crippen LogP contribution in [0.1, 0.15) is 72.6 Å². The Bertz CT molecular complexity index is 1340. The summed E-state index contributed by atoms with van der Waals surface area (Å²) in [6, 6.07) is 7.09. The van der Waals surface area contributed by atoms with Crippen molar-refractivity contribution in [3.8, 4) is 0 Å². The first kappa shape index (κ1) is 36.0. The van der Waals surface area contributed by atoms with Crippen LogP contribution in [0.4, 0.5) is 4.79 Å². The number of carbonyl (C=O) groups excluding carboxylic acids is 3. The van der Waals surface area contributed by atoms with Gasteiger partial charge >= 0.3 is 12.1 Å². The molecule has 3 amide bonds. The number of carboxylic acids is 1. The SMILES string of the molecule is CCCCC/C=C\C1C[C@]1(NC(=O)[C@@H]1CCCN1C(=O)CNC(=O)OC(CN(C)S(=O)(=O)c1ccccc1)C(C)(C)C)C(=O)O. The number of hydrogen-bond donors (Lipinski definition) is 3. The van der Waals surface area contributed by atoms with Crippen molar-refractivity contribution in [2.24, 2.45) is 11.3 Å². The van der Waals surface area contributed by atoms with E-state index < -0.39 is 63.5 Å². The molecule has 1 aliphatic heterocycles. The van der Waals surface area contributed by atoms with E-state index in [1.54, 1.807) is 18.2 Å². The molecule has 0 radical (unpaired) electrons. The topological polar surface area (TPSA) is 162 Å². The van der Waals surface area contributed by atoms with Gasteiger partial charge < -0.3 is 25.4 Å². The third kappa shape index (κ3) is 9.29. The fraction of sp³-hybridized carbons (Fsp3) is 0.625. The number of allylic oxidation sites excluding steroid dienone is 1. The largest absolute Gasteiger partial charge is 0.479 e. The van der Waals surface area contributed by atoms with Gasteiger partial charge in [-0.15, -0.1) is 0 Å². The van der Waals surface area contributed by atoms with Crippen LogP contribution in [0.25, 0.3) is 0 Å². The molecule has 45 heavy (non-hydrogen) atoms.